The van der Waals surface area contributed by atoms with Gasteiger partial charge in [0, 0.05) is 12.1 Å². The Labute approximate surface area is 137 Å². The van der Waals surface area contributed by atoms with E-state index in [0.29, 0.717) is 32.9 Å². The Morgan fingerprint density at radius 2 is 1.67 bits per heavy atom. The van der Waals surface area contributed by atoms with Crippen LogP contribution in [0.4, 0.5) is 5.69 Å². The Bertz CT molecular complexity index is 672. The van der Waals surface area contributed by atoms with Gasteiger partial charge in [-0.25, -0.2) is 0 Å². The molecule has 4 nitrogen and oxygen atoms in total. The van der Waals surface area contributed by atoms with Crippen LogP contribution in [0.3, 0.4) is 0 Å². The van der Waals surface area contributed by atoms with Crippen LogP contribution < -0.4 is 11.1 Å². The van der Waals surface area contributed by atoms with Gasteiger partial charge in [0.2, 0.25) is 0 Å². The lowest BCUT2D eigenvalue weighted by molar-refractivity contribution is 0.318. The van der Waals surface area contributed by atoms with Crippen molar-refractivity contribution in [3.05, 3.63) is 62.6 Å². The van der Waals surface area contributed by atoms with Gasteiger partial charge in [-0.3, -0.25) is 0 Å². The van der Waals surface area contributed by atoms with Crippen molar-refractivity contribution in [2.45, 2.75) is 6.54 Å². The molecule has 110 valence electrons. The molecule has 0 spiro atoms. The lowest BCUT2D eigenvalue weighted by Gasteiger charge is -2.10. The third-order valence-electron chi connectivity index (χ3n) is 2.85. The van der Waals surface area contributed by atoms with Gasteiger partial charge < -0.3 is 16.3 Å². The Hall–Kier alpha value is -1.62. The second-order valence-electron chi connectivity index (χ2n) is 4.28. The molecule has 4 N–H and O–H groups in total. The first kappa shape index (κ1) is 15.8. The van der Waals surface area contributed by atoms with E-state index in [-0.39, 0.29) is 5.84 Å². The summed E-state index contributed by atoms with van der Waals surface area (Å²) < 4.78 is 0. The minimum Gasteiger partial charge on any atom is -0.409 e. The Balaban J connectivity index is 2.08. The summed E-state index contributed by atoms with van der Waals surface area (Å²) >= 11 is 17.9. The first-order valence-electron chi connectivity index (χ1n) is 5.96. The van der Waals surface area contributed by atoms with Crippen LogP contribution in [0.1, 0.15) is 11.1 Å². The highest BCUT2D eigenvalue weighted by Crippen LogP contribution is 2.32. The van der Waals surface area contributed by atoms with Gasteiger partial charge in [-0.05, 0) is 17.7 Å². The smallest absolute Gasteiger partial charge is 0.170 e. The molecule has 0 atom stereocenters. The second kappa shape index (κ2) is 6.89. The summed E-state index contributed by atoms with van der Waals surface area (Å²) in [6, 6.07) is 10.5. The normalized spacial score (nSPS) is 11.5. The number of hydrogen-bond acceptors (Lipinski definition) is 3. The quantitative estimate of drug-likeness (QED) is 0.254. The van der Waals surface area contributed by atoms with Crippen molar-refractivity contribution >= 4 is 46.3 Å². The zero-order valence-corrected chi connectivity index (χ0v) is 13.0. The Kier molecular flexibility index (Phi) is 5.17. The summed E-state index contributed by atoms with van der Waals surface area (Å²) in [6.45, 7) is 0.550. The molecule has 0 heterocycles. The first-order valence-corrected chi connectivity index (χ1v) is 7.10. The van der Waals surface area contributed by atoms with Gasteiger partial charge in [0.15, 0.2) is 5.84 Å². The summed E-state index contributed by atoms with van der Waals surface area (Å²) in [4.78, 5) is 0. The number of nitrogens with two attached hydrogens (primary N) is 1. The molecule has 0 aliphatic rings. The van der Waals surface area contributed by atoms with Gasteiger partial charge in [0.25, 0.3) is 0 Å². The van der Waals surface area contributed by atoms with E-state index in [9.17, 15) is 0 Å². The van der Waals surface area contributed by atoms with Gasteiger partial charge in [-0.1, -0.05) is 64.2 Å². The summed E-state index contributed by atoms with van der Waals surface area (Å²) in [5.74, 6) is 0.0713. The number of anilines is 1. The number of halogens is 3. The van der Waals surface area contributed by atoms with E-state index in [2.05, 4.69) is 10.5 Å². The lowest BCUT2D eigenvalue weighted by Crippen LogP contribution is -2.13. The average molecular weight is 345 g/mol. The Morgan fingerprint density at radius 3 is 2.29 bits per heavy atom. The molecule has 0 aliphatic heterocycles. The van der Waals surface area contributed by atoms with E-state index < -0.39 is 0 Å². The maximum Gasteiger partial charge on any atom is 0.170 e. The van der Waals surface area contributed by atoms with Crippen molar-refractivity contribution in [3.8, 4) is 0 Å². The molecule has 0 radical (unpaired) electrons. The van der Waals surface area contributed by atoms with Crippen molar-refractivity contribution in [2.24, 2.45) is 10.9 Å². The third kappa shape index (κ3) is 3.94. The molecule has 2 aromatic rings. The van der Waals surface area contributed by atoms with Crippen LogP contribution >= 0.6 is 34.8 Å². The van der Waals surface area contributed by atoms with E-state index in [1.54, 1.807) is 24.3 Å². The highest BCUT2D eigenvalue weighted by atomic mass is 35.5. The monoisotopic (exact) mass is 343 g/mol. The van der Waals surface area contributed by atoms with Gasteiger partial charge in [-0.2, -0.15) is 0 Å². The molecule has 0 saturated heterocycles. The largest absolute Gasteiger partial charge is 0.409 e. The van der Waals surface area contributed by atoms with E-state index in [1.165, 1.54) is 0 Å². The standard InChI is InChI=1S/C14H12Cl3N3O/c15-10-5-12(17)13(6-11(10)16)19-7-8-1-3-9(4-2-8)14(18)20-21/h1-6,19,21H,7H2,(H2,18,20). The molecule has 2 aromatic carbocycles. The van der Waals surface area contributed by atoms with Crippen LogP contribution in [0.15, 0.2) is 41.6 Å². The van der Waals surface area contributed by atoms with Gasteiger partial charge in [-0.15, -0.1) is 0 Å². The molecule has 0 aliphatic carbocycles. The van der Waals surface area contributed by atoms with Gasteiger partial charge >= 0.3 is 0 Å². The Morgan fingerprint density at radius 1 is 1.05 bits per heavy atom. The number of hydrogen-bond donors (Lipinski definition) is 3. The highest BCUT2D eigenvalue weighted by molar-refractivity contribution is 6.44. The van der Waals surface area contributed by atoms with Gasteiger partial charge in [0.1, 0.15) is 0 Å². The van der Waals surface area contributed by atoms with Crippen molar-refractivity contribution in [1.82, 2.24) is 0 Å². The molecule has 0 bridgehead atoms. The number of nitrogens with zero attached hydrogens (tertiary/aromatic N) is 1. The maximum absolute atomic E-state index is 8.60. The first-order chi connectivity index (χ1) is 10.0. The molecule has 7 heteroatoms. The van der Waals surface area contributed by atoms with Gasteiger partial charge in [0.05, 0.1) is 20.8 Å². The molecule has 0 unspecified atom stereocenters. The summed E-state index contributed by atoms with van der Waals surface area (Å²) in [5, 5.41) is 16.1. The minimum absolute atomic E-state index is 0.0713. The lowest BCUT2D eigenvalue weighted by atomic mass is 10.1. The van der Waals surface area contributed by atoms with Crippen molar-refractivity contribution in [2.75, 3.05) is 5.32 Å². The number of rotatable bonds is 4. The van der Waals surface area contributed by atoms with Crippen molar-refractivity contribution in [1.29, 1.82) is 0 Å². The van der Waals surface area contributed by atoms with Crippen LogP contribution in [-0.4, -0.2) is 11.0 Å². The predicted octanol–water partition coefficient (Wildman–Crippen LogP) is 4.35. The fraction of sp³-hybridized carbons (Fsp3) is 0.0714. The summed E-state index contributed by atoms with van der Waals surface area (Å²) in [6.07, 6.45) is 0. The van der Waals surface area contributed by atoms with E-state index in [1.807, 2.05) is 12.1 Å². The molecular weight excluding hydrogens is 333 g/mol. The topological polar surface area (TPSA) is 70.6 Å². The van der Waals surface area contributed by atoms with Crippen LogP contribution in [0, 0.1) is 0 Å². The second-order valence-corrected chi connectivity index (χ2v) is 5.50. The van der Waals surface area contributed by atoms with E-state index in [0.717, 1.165) is 5.56 Å². The molecule has 2 rings (SSSR count). The molecule has 0 saturated carbocycles. The van der Waals surface area contributed by atoms with Crippen molar-refractivity contribution in [3.63, 3.8) is 0 Å². The molecule has 21 heavy (non-hydrogen) atoms. The third-order valence-corrected chi connectivity index (χ3v) is 3.89. The summed E-state index contributed by atoms with van der Waals surface area (Å²) in [7, 11) is 0. The number of benzene rings is 2. The minimum atomic E-state index is 0.0713. The predicted molar refractivity (Wildman–Crippen MR) is 87.8 cm³/mol. The fourth-order valence-corrected chi connectivity index (χ4v) is 2.32. The molecule has 0 amide bonds. The van der Waals surface area contributed by atoms with E-state index >= 15 is 0 Å². The van der Waals surface area contributed by atoms with Crippen LogP contribution in [-0.2, 0) is 6.54 Å². The van der Waals surface area contributed by atoms with E-state index in [4.69, 9.17) is 45.7 Å². The average Bonchev–Trinajstić information content (AvgIpc) is 2.49. The SMILES string of the molecule is NC(=NO)c1ccc(CNc2cc(Cl)c(Cl)cc2Cl)cc1. The maximum atomic E-state index is 8.60. The molecule has 0 fully saturated rings. The zero-order valence-electron chi connectivity index (χ0n) is 10.8. The van der Waals surface area contributed by atoms with Crippen LogP contribution in [0.2, 0.25) is 15.1 Å². The zero-order chi connectivity index (χ0) is 15.4. The van der Waals surface area contributed by atoms with Crippen LogP contribution in [0.25, 0.3) is 0 Å². The number of amidine groups is 1. The molecular formula is C14H12Cl3N3O. The highest BCUT2D eigenvalue weighted by Gasteiger charge is 2.06. The molecule has 0 aromatic heterocycles. The van der Waals surface area contributed by atoms with Crippen LogP contribution in [0.5, 0.6) is 0 Å². The van der Waals surface area contributed by atoms with Crippen molar-refractivity contribution < 1.29 is 5.21 Å². The fourth-order valence-electron chi connectivity index (χ4n) is 1.71. The number of oxime groups is 1. The number of nitrogens with one attached hydrogen (secondary N) is 1. The summed E-state index contributed by atoms with van der Waals surface area (Å²) in [5.41, 5.74) is 7.85.